The highest BCUT2D eigenvalue weighted by molar-refractivity contribution is 5.80. The van der Waals surface area contributed by atoms with Crippen molar-refractivity contribution >= 4 is 24.2 Å². The van der Waals surface area contributed by atoms with Crippen molar-refractivity contribution in [1.29, 1.82) is 0 Å². The number of H-pyrrole nitrogens is 2. The molecule has 0 bridgehead atoms. The minimum atomic E-state index is -0.941. The third-order valence-electron chi connectivity index (χ3n) is 5.36. The molecule has 36 heavy (non-hydrogen) atoms. The zero-order chi connectivity index (χ0) is 25.8. The summed E-state index contributed by atoms with van der Waals surface area (Å²) in [5.74, 6) is 0. The standard InChI is InChI=1S/C26H22N6O4/c1-16(12-14-19-21(17-8-4-2-5-9-17)29-31(23(19)33)25(27)35)13-15-20-22(18-10-6-3-7-11-18)30-32(24(20)34)26(28)36/h2-12,14-15,29-30H,1H3,(H2,27,35)(H2,28,36). The smallest absolute Gasteiger partial charge is 0.341 e. The number of benzene rings is 2. The highest BCUT2D eigenvalue weighted by atomic mass is 16.2. The molecule has 0 radical (unpaired) electrons. The minimum Gasteiger partial charge on any atom is -0.350 e. The van der Waals surface area contributed by atoms with Crippen LogP contribution in [0.25, 0.3) is 34.7 Å². The Bertz CT molecular complexity index is 1660. The summed E-state index contributed by atoms with van der Waals surface area (Å²) in [7, 11) is 0. The molecule has 0 aliphatic heterocycles. The van der Waals surface area contributed by atoms with Crippen LogP contribution in [0.1, 0.15) is 18.1 Å². The number of hydrogen-bond donors (Lipinski definition) is 4. The molecule has 0 spiro atoms. The van der Waals surface area contributed by atoms with Crippen LogP contribution in [0.2, 0.25) is 0 Å². The predicted molar refractivity (Wildman–Crippen MR) is 137 cm³/mol. The van der Waals surface area contributed by atoms with Crippen LogP contribution in [0.5, 0.6) is 0 Å². The van der Waals surface area contributed by atoms with Gasteiger partial charge in [0.25, 0.3) is 11.1 Å². The molecule has 180 valence electrons. The van der Waals surface area contributed by atoms with E-state index in [1.807, 2.05) is 12.1 Å². The van der Waals surface area contributed by atoms with Gasteiger partial charge in [0.2, 0.25) is 0 Å². The third-order valence-corrected chi connectivity index (χ3v) is 5.36. The Kier molecular flexibility index (Phi) is 6.53. The fourth-order valence-electron chi connectivity index (χ4n) is 3.59. The summed E-state index contributed by atoms with van der Waals surface area (Å²) < 4.78 is 1.45. The summed E-state index contributed by atoms with van der Waals surface area (Å²) in [5.41, 5.74) is 15.6. The number of nitrogens with one attached hydrogen (secondary N) is 2. The molecule has 0 saturated heterocycles. The number of aromatic amines is 2. The Hall–Kier alpha value is -5.34. The average Bonchev–Trinajstić information content (AvgIpc) is 3.39. The van der Waals surface area contributed by atoms with E-state index in [4.69, 9.17) is 11.5 Å². The first-order valence-corrected chi connectivity index (χ1v) is 10.8. The molecule has 2 aromatic carbocycles. The lowest BCUT2D eigenvalue weighted by molar-refractivity contribution is 0.246. The Balaban J connectivity index is 1.78. The van der Waals surface area contributed by atoms with Gasteiger partial charge in [0.15, 0.2) is 0 Å². The van der Waals surface area contributed by atoms with Gasteiger partial charge in [0.1, 0.15) is 0 Å². The molecule has 2 heterocycles. The molecule has 0 unspecified atom stereocenters. The van der Waals surface area contributed by atoms with Crippen LogP contribution in [-0.4, -0.2) is 31.6 Å². The van der Waals surface area contributed by atoms with E-state index in [2.05, 4.69) is 15.9 Å². The fourth-order valence-corrected chi connectivity index (χ4v) is 3.59. The molecule has 0 aliphatic rings. The lowest BCUT2D eigenvalue weighted by Gasteiger charge is -1.99. The first kappa shape index (κ1) is 23.8. The summed E-state index contributed by atoms with van der Waals surface area (Å²) >= 11 is 0. The van der Waals surface area contributed by atoms with E-state index in [9.17, 15) is 19.2 Å². The number of rotatable bonds is 5. The molecule has 0 aliphatic carbocycles. The zero-order valence-electron chi connectivity index (χ0n) is 19.2. The summed E-state index contributed by atoms with van der Waals surface area (Å²) in [6.45, 7) is 1.72. The summed E-state index contributed by atoms with van der Waals surface area (Å²) in [4.78, 5) is 48.9. The largest absolute Gasteiger partial charge is 0.350 e. The second-order valence-corrected chi connectivity index (χ2v) is 7.80. The van der Waals surface area contributed by atoms with Gasteiger partial charge in [-0.3, -0.25) is 19.8 Å². The Morgan fingerprint density at radius 3 is 1.69 bits per heavy atom. The number of hydrogen-bond acceptors (Lipinski definition) is 4. The number of nitrogens with zero attached hydrogens (tertiary/aromatic N) is 2. The van der Waals surface area contributed by atoms with E-state index in [-0.39, 0.29) is 11.1 Å². The minimum absolute atomic E-state index is 0.190. The lowest BCUT2D eigenvalue weighted by Crippen LogP contribution is -2.30. The van der Waals surface area contributed by atoms with Crippen LogP contribution in [-0.2, 0) is 0 Å². The van der Waals surface area contributed by atoms with Crippen LogP contribution in [0, 0.1) is 0 Å². The zero-order valence-corrected chi connectivity index (χ0v) is 19.2. The Morgan fingerprint density at radius 2 is 1.22 bits per heavy atom. The van der Waals surface area contributed by atoms with E-state index in [1.54, 1.807) is 61.5 Å². The van der Waals surface area contributed by atoms with Gasteiger partial charge in [-0.15, -0.1) is 5.73 Å². The molecule has 4 aromatic rings. The highest BCUT2D eigenvalue weighted by Gasteiger charge is 2.17. The molecular weight excluding hydrogens is 460 g/mol. The second kappa shape index (κ2) is 9.88. The number of carbonyl (C=O) groups excluding carboxylic acids is 2. The van der Waals surface area contributed by atoms with Crippen LogP contribution < -0.4 is 22.6 Å². The summed E-state index contributed by atoms with van der Waals surface area (Å²) in [6, 6.07) is 16.1. The molecule has 2 aromatic heterocycles. The van der Waals surface area contributed by atoms with Gasteiger partial charge >= 0.3 is 12.1 Å². The van der Waals surface area contributed by atoms with Gasteiger partial charge in [-0.1, -0.05) is 66.7 Å². The highest BCUT2D eigenvalue weighted by Crippen LogP contribution is 2.22. The van der Waals surface area contributed by atoms with Crippen molar-refractivity contribution in [3.8, 4) is 22.5 Å². The normalized spacial score (nSPS) is 10.8. The maximum Gasteiger partial charge on any atom is 0.341 e. The maximum atomic E-state index is 12.8. The molecule has 0 saturated carbocycles. The summed E-state index contributed by atoms with van der Waals surface area (Å²) in [5, 5.41) is 5.48. The number of primary amides is 2. The Morgan fingerprint density at radius 1 is 0.778 bits per heavy atom. The van der Waals surface area contributed by atoms with Crippen molar-refractivity contribution in [1.82, 2.24) is 19.6 Å². The number of amides is 2. The van der Waals surface area contributed by atoms with Crippen molar-refractivity contribution in [2.24, 2.45) is 11.5 Å². The molecule has 0 atom stereocenters. The van der Waals surface area contributed by atoms with E-state index >= 15 is 0 Å². The van der Waals surface area contributed by atoms with Crippen LogP contribution in [0.4, 0.5) is 9.59 Å². The van der Waals surface area contributed by atoms with Gasteiger partial charge in [0.05, 0.1) is 22.5 Å². The lowest BCUT2D eigenvalue weighted by atomic mass is 10.1. The first-order chi connectivity index (χ1) is 17.3. The van der Waals surface area contributed by atoms with Gasteiger partial charge in [-0.05, 0) is 24.6 Å². The van der Waals surface area contributed by atoms with Crippen molar-refractivity contribution in [3.63, 3.8) is 0 Å². The number of allylic oxidation sites excluding steroid dienone is 2. The topological polar surface area (TPSA) is 162 Å². The van der Waals surface area contributed by atoms with E-state index in [0.29, 0.717) is 28.1 Å². The number of aromatic nitrogens is 4. The molecule has 6 N–H and O–H groups in total. The van der Waals surface area contributed by atoms with Crippen LogP contribution in [0.15, 0.2) is 87.6 Å². The fraction of sp³-hybridized carbons (Fsp3) is 0.0385. The van der Waals surface area contributed by atoms with E-state index in [1.165, 1.54) is 12.2 Å². The maximum absolute atomic E-state index is 12.8. The monoisotopic (exact) mass is 482 g/mol. The average molecular weight is 483 g/mol. The van der Waals surface area contributed by atoms with Gasteiger partial charge in [0, 0.05) is 11.1 Å². The molecule has 10 nitrogen and oxygen atoms in total. The molecule has 10 heteroatoms. The van der Waals surface area contributed by atoms with Crippen LogP contribution >= 0.6 is 0 Å². The van der Waals surface area contributed by atoms with Crippen molar-refractivity contribution in [3.05, 3.63) is 110 Å². The number of nitrogens with two attached hydrogens (primary N) is 2. The molecule has 2 amide bonds. The SMILES string of the molecule is CC(=C=Cc1c(-c2ccccc2)[nH]n(C(N)=O)c1=O)C=Cc1c(-c2ccccc2)[nH]n(C(N)=O)c1=O. The third kappa shape index (κ3) is 4.65. The second-order valence-electron chi connectivity index (χ2n) is 7.80. The summed E-state index contributed by atoms with van der Waals surface area (Å²) in [6.07, 6.45) is 4.59. The van der Waals surface area contributed by atoms with Gasteiger partial charge in [-0.2, -0.15) is 9.36 Å². The Labute approximate surface area is 204 Å². The molecule has 4 rings (SSSR count). The predicted octanol–water partition coefficient (Wildman–Crippen LogP) is 3.13. The van der Waals surface area contributed by atoms with Gasteiger partial charge in [-0.25, -0.2) is 9.59 Å². The quantitative estimate of drug-likeness (QED) is 0.254. The van der Waals surface area contributed by atoms with Crippen molar-refractivity contribution in [2.75, 3.05) is 0 Å². The van der Waals surface area contributed by atoms with E-state index in [0.717, 1.165) is 9.36 Å². The molecular formula is C26H22N6O4. The van der Waals surface area contributed by atoms with Crippen molar-refractivity contribution < 1.29 is 9.59 Å². The van der Waals surface area contributed by atoms with Gasteiger partial charge < -0.3 is 11.5 Å². The number of carbonyl (C=O) groups is 2. The first-order valence-electron chi connectivity index (χ1n) is 10.8. The molecule has 0 fully saturated rings. The van der Waals surface area contributed by atoms with Crippen molar-refractivity contribution in [2.45, 2.75) is 6.92 Å². The van der Waals surface area contributed by atoms with E-state index < -0.39 is 23.2 Å². The van der Waals surface area contributed by atoms with Crippen LogP contribution in [0.3, 0.4) is 0 Å².